The highest BCUT2D eigenvalue weighted by Gasteiger charge is 2.33. The first-order valence-electron chi connectivity index (χ1n) is 3.62. The molecule has 0 rings (SSSR count). The predicted molar refractivity (Wildman–Crippen MR) is 38.1 cm³/mol. The third-order valence-electron chi connectivity index (χ3n) is 1.81. The zero-order valence-corrected chi connectivity index (χ0v) is 6.53. The van der Waals surface area contributed by atoms with Gasteiger partial charge in [-0.25, -0.2) is 8.78 Å². The maximum Gasteiger partial charge on any atom is 0.251 e. The molecule has 0 saturated carbocycles. The van der Waals surface area contributed by atoms with Gasteiger partial charge in [-0.2, -0.15) is 0 Å². The molecule has 0 spiro atoms. The molecule has 10 heavy (non-hydrogen) atoms. The summed E-state index contributed by atoms with van der Waals surface area (Å²) in [6.45, 7) is 3.38. The van der Waals surface area contributed by atoms with Crippen molar-refractivity contribution >= 4 is 0 Å². The Balaban J connectivity index is 3.82. The molecule has 0 aliphatic heterocycles. The van der Waals surface area contributed by atoms with E-state index >= 15 is 0 Å². The molecule has 2 N–H and O–H groups in total. The Morgan fingerprint density at radius 3 is 2.30 bits per heavy atom. The number of nitrogens with two attached hydrogens (primary N) is 1. The lowest BCUT2D eigenvalue weighted by Crippen LogP contribution is -2.28. The predicted octanol–water partition coefficient (Wildman–Crippen LogP) is 2.02. The number of hydrogen-bond donors (Lipinski definition) is 1. The Kier molecular flexibility index (Phi) is 3.79. The van der Waals surface area contributed by atoms with Gasteiger partial charge < -0.3 is 5.73 Å². The van der Waals surface area contributed by atoms with Gasteiger partial charge in [0.1, 0.15) is 0 Å². The molecular formula is C7H15F2N. The lowest BCUT2D eigenvalue weighted by atomic mass is 9.98. The highest BCUT2D eigenvalue weighted by atomic mass is 19.3. The summed E-state index contributed by atoms with van der Waals surface area (Å²) in [6.07, 6.45) is 0.314. The fourth-order valence-corrected chi connectivity index (χ4v) is 0.737. The van der Waals surface area contributed by atoms with Crippen LogP contribution in [-0.2, 0) is 0 Å². The van der Waals surface area contributed by atoms with E-state index in [1.807, 2.05) is 0 Å². The monoisotopic (exact) mass is 151 g/mol. The Morgan fingerprint density at radius 2 is 2.00 bits per heavy atom. The van der Waals surface area contributed by atoms with Gasteiger partial charge in [0, 0.05) is 12.3 Å². The molecule has 0 aromatic heterocycles. The average molecular weight is 151 g/mol. The summed E-state index contributed by atoms with van der Waals surface area (Å²) in [5.41, 5.74) is 5.03. The van der Waals surface area contributed by atoms with Crippen LogP contribution in [0.4, 0.5) is 8.78 Å². The van der Waals surface area contributed by atoms with Crippen LogP contribution in [-0.4, -0.2) is 12.5 Å². The minimum absolute atomic E-state index is 0.0668. The van der Waals surface area contributed by atoms with Crippen molar-refractivity contribution in [2.45, 2.75) is 32.6 Å². The molecule has 0 radical (unpaired) electrons. The second kappa shape index (κ2) is 3.86. The van der Waals surface area contributed by atoms with Crippen molar-refractivity contribution in [1.29, 1.82) is 0 Å². The van der Waals surface area contributed by atoms with Gasteiger partial charge >= 0.3 is 0 Å². The molecule has 1 atom stereocenters. The van der Waals surface area contributed by atoms with Gasteiger partial charge in [-0.3, -0.25) is 0 Å². The summed E-state index contributed by atoms with van der Waals surface area (Å²) in [4.78, 5) is 0. The first kappa shape index (κ1) is 9.82. The SMILES string of the molecule is CCC(C)C(F)(F)CCN. The highest BCUT2D eigenvalue weighted by molar-refractivity contribution is 4.72. The van der Waals surface area contributed by atoms with E-state index in [0.717, 1.165) is 0 Å². The molecule has 0 aliphatic rings. The number of hydrogen-bond acceptors (Lipinski definition) is 1. The minimum Gasteiger partial charge on any atom is -0.330 e. The lowest BCUT2D eigenvalue weighted by Gasteiger charge is -2.21. The second-order valence-electron chi connectivity index (χ2n) is 2.61. The first-order valence-corrected chi connectivity index (χ1v) is 3.62. The van der Waals surface area contributed by atoms with E-state index in [2.05, 4.69) is 0 Å². The Hall–Kier alpha value is -0.180. The minimum atomic E-state index is -2.57. The third kappa shape index (κ3) is 2.60. The van der Waals surface area contributed by atoms with Crippen LogP contribution in [0.5, 0.6) is 0 Å². The first-order chi connectivity index (χ1) is 4.54. The van der Waals surface area contributed by atoms with E-state index in [4.69, 9.17) is 5.73 Å². The van der Waals surface area contributed by atoms with E-state index in [1.165, 1.54) is 0 Å². The zero-order chi connectivity index (χ0) is 8.20. The van der Waals surface area contributed by atoms with Crippen LogP contribution in [0.25, 0.3) is 0 Å². The molecule has 1 nitrogen and oxygen atoms in total. The number of rotatable bonds is 4. The van der Waals surface area contributed by atoms with Crippen molar-refractivity contribution in [1.82, 2.24) is 0 Å². The molecule has 0 bridgehead atoms. The molecule has 1 unspecified atom stereocenters. The number of halogens is 2. The molecular weight excluding hydrogens is 136 g/mol. The van der Waals surface area contributed by atoms with Crippen LogP contribution in [0.1, 0.15) is 26.7 Å². The molecule has 0 fully saturated rings. The van der Waals surface area contributed by atoms with E-state index < -0.39 is 11.8 Å². The summed E-state index contributed by atoms with van der Waals surface area (Å²) in [6, 6.07) is 0. The smallest absolute Gasteiger partial charge is 0.251 e. The number of alkyl halides is 2. The van der Waals surface area contributed by atoms with Gasteiger partial charge in [-0.05, 0) is 13.0 Å². The summed E-state index contributed by atoms with van der Waals surface area (Å²) in [7, 11) is 0. The van der Waals surface area contributed by atoms with Gasteiger partial charge in [0.05, 0.1) is 0 Å². The molecule has 0 saturated heterocycles. The average Bonchev–Trinajstić information content (AvgIpc) is 1.86. The summed E-state index contributed by atoms with van der Waals surface area (Å²) in [5, 5.41) is 0. The van der Waals surface area contributed by atoms with Crippen LogP contribution < -0.4 is 5.73 Å². The van der Waals surface area contributed by atoms with Crippen LogP contribution in [0.3, 0.4) is 0 Å². The zero-order valence-electron chi connectivity index (χ0n) is 6.53. The standard InChI is InChI=1S/C7H15F2N/c1-3-6(2)7(8,9)4-5-10/h6H,3-5,10H2,1-2H3. The van der Waals surface area contributed by atoms with E-state index in [0.29, 0.717) is 6.42 Å². The van der Waals surface area contributed by atoms with Gasteiger partial charge in [0.25, 0.3) is 5.92 Å². The highest BCUT2D eigenvalue weighted by Crippen LogP contribution is 2.29. The molecule has 0 heterocycles. The van der Waals surface area contributed by atoms with Gasteiger partial charge in [0.15, 0.2) is 0 Å². The largest absolute Gasteiger partial charge is 0.330 e. The molecule has 0 aromatic rings. The second-order valence-corrected chi connectivity index (χ2v) is 2.61. The van der Waals surface area contributed by atoms with Gasteiger partial charge in [0.2, 0.25) is 0 Å². The molecule has 0 amide bonds. The van der Waals surface area contributed by atoms with E-state index in [1.54, 1.807) is 13.8 Å². The fourth-order valence-electron chi connectivity index (χ4n) is 0.737. The van der Waals surface area contributed by atoms with Crippen molar-refractivity contribution < 1.29 is 8.78 Å². The van der Waals surface area contributed by atoms with Crippen molar-refractivity contribution in [3.63, 3.8) is 0 Å². The van der Waals surface area contributed by atoms with Crippen molar-refractivity contribution in [2.24, 2.45) is 11.7 Å². The van der Waals surface area contributed by atoms with Gasteiger partial charge in [-0.15, -0.1) is 0 Å². The normalized spacial score (nSPS) is 15.3. The van der Waals surface area contributed by atoms with Crippen LogP contribution in [0.15, 0.2) is 0 Å². The Morgan fingerprint density at radius 1 is 1.50 bits per heavy atom. The van der Waals surface area contributed by atoms with Crippen LogP contribution in [0, 0.1) is 5.92 Å². The van der Waals surface area contributed by atoms with Gasteiger partial charge in [-0.1, -0.05) is 13.8 Å². The van der Waals surface area contributed by atoms with Crippen molar-refractivity contribution in [3.8, 4) is 0 Å². The Bertz CT molecular complexity index is 93.6. The molecule has 0 aromatic carbocycles. The summed E-state index contributed by atoms with van der Waals surface area (Å²) >= 11 is 0. The van der Waals surface area contributed by atoms with Crippen LogP contribution in [0.2, 0.25) is 0 Å². The topological polar surface area (TPSA) is 26.0 Å². The van der Waals surface area contributed by atoms with Crippen LogP contribution >= 0.6 is 0 Å². The van der Waals surface area contributed by atoms with E-state index in [9.17, 15) is 8.78 Å². The lowest BCUT2D eigenvalue weighted by molar-refractivity contribution is -0.0575. The quantitative estimate of drug-likeness (QED) is 0.653. The molecule has 62 valence electrons. The third-order valence-corrected chi connectivity index (χ3v) is 1.81. The van der Waals surface area contributed by atoms with Crippen molar-refractivity contribution in [3.05, 3.63) is 0 Å². The molecule has 0 aliphatic carbocycles. The fraction of sp³-hybridized carbons (Fsp3) is 1.00. The van der Waals surface area contributed by atoms with E-state index in [-0.39, 0.29) is 13.0 Å². The Labute approximate surface area is 60.6 Å². The molecule has 3 heteroatoms. The maximum absolute atomic E-state index is 12.7. The summed E-state index contributed by atoms with van der Waals surface area (Å²) in [5.74, 6) is -3.11. The summed E-state index contributed by atoms with van der Waals surface area (Å²) < 4.78 is 25.5. The van der Waals surface area contributed by atoms with Crippen molar-refractivity contribution in [2.75, 3.05) is 6.54 Å². The maximum atomic E-state index is 12.7.